The summed E-state index contributed by atoms with van der Waals surface area (Å²) in [5.41, 5.74) is 0.848. The van der Waals surface area contributed by atoms with Crippen molar-refractivity contribution in [1.82, 2.24) is 5.01 Å². The van der Waals surface area contributed by atoms with E-state index in [9.17, 15) is 0 Å². The minimum atomic E-state index is 0.649. The van der Waals surface area contributed by atoms with Gasteiger partial charge in [0.1, 0.15) is 0 Å². The van der Waals surface area contributed by atoms with Crippen molar-refractivity contribution in [2.24, 2.45) is 10.3 Å². The van der Waals surface area contributed by atoms with E-state index in [0.29, 0.717) is 13.2 Å². The van der Waals surface area contributed by atoms with Gasteiger partial charge in [-0.2, -0.15) is 0 Å². The highest BCUT2D eigenvalue weighted by Crippen LogP contribution is 2.10. The molecule has 0 aliphatic rings. The zero-order chi connectivity index (χ0) is 13.8. The molecule has 0 amide bonds. The summed E-state index contributed by atoms with van der Waals surface area (Å²) in [6.07, 6.45) is 0. The van der Waals surface area contributed by atoms with Crippen molar-refractivity contribution in [3.63, 3.8) is 0 Å². The molecule has 0 aromatic heterocycles. The SMILES string of the molecule is CCOCCN(CCOCC)N=Nc1ccccc1. The average molecular weight is 265 g/mol. The molecule has 0 atom stereocenters. The molecule has 5 nitrogen and oxygen atoms in total. The molecule has 1 aromatic carbocycles. The highest BCUT2D eigenvalue weighted by molar-refractivity contribution is 5.34. The van der Waals surface area contributed by atoms with Gasteiger partial charge < -0.3 is 9.47 Å². The lowest BCUT2D eigenvalue weighted by Crippen LogP contribution is -2.26. The summed E-state index contributed by atoms with van der Waals surface area (Å²) in [6, 6.07) is 9.69. The van der Waals surface area contributed by atoms with Gasteiger partial charge in [-0.3, -0.25) is 5.01 Å². The van der Waals surface area contributed by atoms with Crippen LogP contribution in [-0.4, -0.2) is 44.5 Å². The van der Waals surface area contributed by atoms with Gasteiger partial charge in [0.15, 0.2) is 0 Å². The highest BCUT2D eigenvalue weighted by atomic mass is 16.5. The minimum absolute atomic E-state index is 0.649. The fourth-order valence-electron chi connectivity index (χ4n) is 1.44. The van der Waals surface area contributed by atoms with Gasteiger partial charge in [0, 0.05) is 13.2 Å². The first kappa shape index (κ1) is 15.6. The second kappa shape index (κ2) is 10.5. The van der Waals surface area contributed by atoms with Crippen LogP contribution in [0.4, 0.5) is 5.69 Å². The molecule has 5 heteroatoms. The Morgan fingerprint density at radius 1 is 0.947 bits per heavy atom. The highest BCUT2D eigenvalue weighted by Gasteiger charge is 2.01. The quantitative estimate of drug-likeness (QED) is 0.371. The standard InChI is InChI=1S/C14H23N3O2/c1-3-18-12-10-17(11-13-19-4-2)16-15-14-8-6-5-7-9-14/h5-9H,3-4,10-13H2,1-2H3. The first-order chi connectivity index (χ1) is 9.36. The average Bonchev–Trinajstić information content (AvgIpc) is 2.45. The van der Waals surface area contributed by atoms with E-state index in [4.69, 9.17) is 9.47 Å². The van der Waals surface area contributed by atoms with E-state index in [-0.39, 0.29) is 0 Å². The third kappa shape index (κ3) is 7.54. The van der Waals surface area contributed by atoms with E-state index < -0.39 is 0 Å². The van der Waals surface area contributed by atoms with Gasteiger partial charge in [0.2, 0.25) is 0 Å². The maximum atomic E-state index is 5.34. The van der Waals surface area contributed by atoms with E-state index in [2.05, 4.69) is 10.3 Å². The third-order valence-corrected chi connectivity index (χ3v) is 2.44. The molecule has 0 aliphatic carbocycles. The van der Waals surface area contributed by atoms with Crippen molar-refractivity contribution in [2.75, 3.05) is 39.5 Å². The first-order valence-corrected chi connectivity index (χ1v) is 6.74. The number of hydrogen-bond acceptors (Lipinski definition) is 4. The Morgan fingerprint density at radius 3 is 2.05 bits per heavy atom. The second-order valence-electron chi connectivity index (χ2n) is 3.87. The van der Waals surface area contributed by atoms with Gasteiger partial charge in [-0.25, -0.2) is 0 Å². The van der Waals surface area contributed by atoms with Crippen LogP contribution >= 0.6 is 0 Å². The van der Waals surface area contributed by atoms with Gasteiger partial charge in [-0.1, -0.05) is 23.4 Å². The van der Waals surface area contributed by atoms with E-state index in [1.807, 2.05) is 49.2 Å². The number of ether oxygens (including phenoxy) is 2. The molecule has 0 N–H and O–H groups in total. The van der Waals surface area contributed by atoms with Gasteiger partial charge in [0.05, 0.1) is 32.0 Å². The molecule has 0 aliphatic heterocycles. The maximum absolute atomic E-state index is 5.34. The zero-order valence-corrected chi connectivity index (χ0v) is 11.8. The van der Waals surface area contributed by atoms with Crippen LogP contribution in [0.25, 0.3) is 0 Å². The lowest BCUT2D eigenvalue weighted by molar-refractivity contribution is 0.0808. The molecule has 0 spiro atoms. The Balaban J connectivity index is 2.44. The molecule has 0 heterocycles. The fourth-order valence-corrected chi connectivity index (χ4v) is 1.44. The van der Waals surface area contributed by atoms with Crippen LogP contribution < -0.4 is 0 Å². The van der Waals surface area contributed by atoms with Gasteiger partial charge in [-0.15, -0.1) is 5.11 Å². The van der Waals surface area contributed by atoms with Crippen molar-refractivity contribution in [1.29, 1.82) is 0 Å². The lowest BCUT2D eigenvalue weighted by atomic mass is 10.3. The Labute approximate surface area is 115 Å². The predicted molar refractivity (Wildman–Crippen MR) is 75.5 cm³/mol. The molecule has 0 saturated carbocycles. The number of rotatable bonds is 10. The topological polar surface area (TPSA) is 46.4 Å². The van der Waals surface area contributed by atoms with Gasteiger partial charge >= 0.3 is 0 Å². The maximum Gasteiger partial charge on any atom is 0.0874 e. The summed E-state index contributed by atoms with van der Waals surface area (Å²) in [5.74, 6) is 0. The third-order valence-electron chi connectivity index (χ3n) is 2.44. The second-order valence-corrected chi connectivity index (χ2v) is 3.87. The number of benzene rings is 1. The summed E-state index contributed by atoms with van der Waals surface area (Å²) in [6.45, 7) is 8.14. The van der Waals surface area contributed by atoms with Crippen molar-refractivity contribution in [3.05, 3.63) is 30.3 Å². The molecule has 0 unspecified atom stereocenters. The van der Waals surface area contributed by atoms with Gasteiger partial charge in [0.25, 0.3) is 0 Å². The summed E-state index contributed by atoms with van der Waals surface area (Å²) < 4.78 is 10.7. The van der Waals surface area contributed by atoms with Crippen molar-refractivity contribution >= 4 is 5.69 Å². The normalized spacial score (nSPS) is 11.1. The summed E-state index contributed by atoms with van der Waals surface area (Å²) in [5, 5.41) is 10.3. The molecule has 1 rings (SSSR count). The largest absolute Gasteiger partial charge is 0.380 e. The molecule has 19 heavy (non-hydrogen) atoms. The monoisotopic (exact) mass is 265 g/mol. The summed E-state index contributed by atoms with van der Waals surface area (Å²) >= 11 is 0. The first-order valence-electron chi connectivity index (χ1n) is 6.74. The van der Waals surface area contributed by atoms with Crippen LogP contribution in [0.5, 0.6) is 0 Å². The Hall–Kier alpha value is -1.46. The van der Waals surface area contributed by atoms with Crippen molar-refractivity contribution < 1.29 is 9.47 Å². The smallest absolute Gasteiger partial charge is 0.0874 e. The molecular weight excluding hydrogens is 242 g/mol. The van der Waals surface area contributed by atoms with Crippen molar-refractivity contribution in [2.45, 2.75) is 13.8 Å². The predicted octanol–water partition coefficient (Wildman–Crippen LogP) is 3.06. The fraction of sp³-hybridized carbons (Fsp3) is 0.571. The minimum Gasteiger partial charge on any atom is -0.380 e. The van der Waals surface area contributed by atoms with Crippen LogP contribution in [0.1, 0.15) is 13.8 Å². The Bertz CT molecular complexity index is 334. The molecule has 0 fully saturated rings. The van der Waals surface area contributed by atoms with E-state index in [1.165, 1.54) is 0 Å². The zero-order valence-electron chi connectivity index (χ0n) is 11.8. The lowest BCUT2D eigenvalue weighted by Gasteiger charge is -2.17. The van der Waals surface area contributed by atoms with Gasteiger partial charge in [-0.05, 0) is 26.0 Å². The molecule has 106 valence electrons. The molecule has 0 radical (unpaired) electrons. The van der Waals surface area contributed by atoms with Crippen LogP contribution in [0.2, 0.25) is 0 Å². The Morgan fingerprint density at radius 2 is 1.53 bits per heavy atom. The van der Waals surface area contributed by atoms with Crippen LogP contribution in [-0.2, 0) is 9.47 Å². The van der Waals surface area contributed by atoms with E-state index in [0.717, 1.165) is 32.0 Å². The van der Waals surface area contributed by atoms with Crippen LogP contribution in [0, 0.1) is 0 Å². The van der Waals surface area contributed by atoms with Crippen LogP contribution in [0.3, 0.4) is 0 Å². The van der Waals surface area contributed by atoms with E-state index in [1.54, 1.807) is 0 Å². The van der Waals surface area contributed by atoms with Crippen molar-refractivity contribution in [3.8, 4) is 0 Å². The van der Waals surface area contributed by atoms with E-state index >= 15 is 0 Å². The Kier molecular flexibility index (Phi) is 8.59. The summed E-state index contributed by atoms with van der Waals surface area (Å²) in [7, 11) is 0. The van der Waals surface area contributed by atoms with Crippen LogP contribution in [0.15, 0.2) is 40.7 Å². The summed E-state index contributed by atoms with van der Waals surface area (Å²) in [4.78, 5) is 0. The molecular formula is C14H23N3O2. The molecule has 0 bridgehead atoms. The molecule has 0 saturated heterocycles. The number of nitrogens with zero attached hydrogens (tertiary/aromatic N) is 3. The number of hydrogen-bond donors (Lipinski definition) is 0. The molecule has 1 aromatic rings.